The zero-order chi connectivity index (χ0) is 15.4. The average Bonchev–Trinajstić information content (AvgIpc) is 2.45. The maximum absolute atomic E-state index is 12.0. The molecule has 0 radical (unpaired) electrons. The van der Waals surface area contributed by atoms with Gasteiger partial charge in [-0.1, -0.05) is 17.7 Å². The van der Waals surface area contributed by atoms with Crippen LogP contribution in [0, 0.1) is 0 Å². The van der Waals surface area contributed by atoms with E-state index in [1.807, 2.05) is 12.1 Å². The summed E-state index contributed by atoms with van der Waals surface area (Å²) in [6.45, 7) is 0.141. The van der Waals surface area contributed by atoms with Gasteiger partial charge in [-0.2, -0.15) is 0 Å². The highest BCUT2D eigenvalue weighted by Gasteiger charge is 2.12. The molecule has 0 atom stereocenters. The molecule has 0 aromatic heterocycles. The Morgan fingerprint density at radius 3 is 2.67 bits per heavy atom. The van der Waals surface area contributed by atoms with E-state index in [2.05, 4.69) is 15.9 Å². The fourth-order valence-electron chi connectivity index (χ4n) is 1.72. The number of hydrogen-bond donors (Lipinski definition) is 1. The van der Waals surface area contributed by atoms with Gasteiger partial charge >= 0.3 is 5.97 Å². The Hall–Kier alpha value is -1.72. The Kier molecular flexibility index (Phi) is 5.09. The van der Waals surface area contributed by atoms with E-state index in [4.69, 9.17) is 26.8 Å². The molecule has 0 heterocycles. The highest BCUT2D eigenvalue weighted by atomic mass is 79.9. The Bertz CT molecular complexity index is 676. The van der Waals surface area contributed by atoms with Crippen molar-refractivity contribution in [2.75, 3.05) is 12.8 Å². The number of hydrogen-bond acceptors (Lipinski definition) is 4. The number of nitrogens with two attached hydrogens (primary N) is 1. The summed E-state index contributed by atoms with van der Waals surface area (Å²) >= 11 is 9.34. The quantitative estimate of drug-likeness (QED) is 0.651. The van der Waals surface area contributed by atoms with E-state index < -0.39 is 5.97 Å². The van der Waals surface area contributed by atoms with Crippen LogP contribution in [0.4, 0.5) is 5.69 Å². The van der Waals surface area contributed by atoms with Gasteiger partial charge in [-0.15, -0.1) is 0 Å². The van der Waals surface area contributed by atoms with E-state index >= 15 is 0 Å². The highest BCUT2D eigenvalue weighted by Crippen LogP contribution is 2.26. The van der Waals surface area contributed by atoms with Gasteiger partial charge in [-0.3, -0.25) is 0 Å². The molecule has 2 aromatic carbocycles. The van der Waals surface area contributed by atoms with E-state index in [0.717, 1.165) is 10.0 Å². The fourth-order valence-corrected chi connectivity index (χ4v) is 2.58. The lowest BCUT2D eigenvalue weighted by Gasteiger charge is -2.09. The van der Waals surface area contributed by atoms with Crippen molar-refractivity contribution in [3.63, 3.8) is 0 Å². The third-order valence-corrected chi connectivity index (χ3v) is 3.73. The first-order valence-electron chi connectivity index (χ1n) is 6.06. The molecule has 0 unspecified atom stereocenters. The zero-order valence-electron chi connectivity index (χ0n) is 11.2. The van der Waals surface area contributed by atoms with Crippen LogP contribution in [0.15, 0.2) is 40.9 Å². The van der Waals surface area contributed by atoms with E-state index in [0.29, 0.717) is 17.0 Å². The topological polar surface area (TPSA) is 61.5 Å². The van der Waals surface area contributed by atoms with Crippen molar-refractivity contribution in [2.45, 2.75) is 6.61 Å². The van der Waals surface area contributed by atoms with Crippen LogP contribution in [0.25, 0.3) is 0 Å². The van der Waals surface area contributed by atoms with E-state index in [1.54, 1.807) is 25.3 Å². The molecule has 0 saturated heterocycles. The summed E-state index contributed by atoms with van der Waals surface area (Å²) in [7, 11) is 1.59. The Balaban J connectivity index is 2.05. The number of carbonyl (C=O) groups excluding carboxylic acids is 1. The lowest BCUT2D eigenvalue weighted by atomic mass is 10.2. The van der Waals surface area contributed by atoms with Crippen molar-refractivity contribution in [3.05, 3.63) is 57.0 Å². The molecule has 0 aliphatic rings. The van der Waals surface area contributed by atoms with Crippen LogP contribution in [0.3, 0.4) is 0 Å². The fraction of sp³-hybridized carbons (Fsp3) is 0.133. The smallest absolute Gasteiger partial charge is 0.339 e. The third-order valence-electron chi connectivity index (χ3n) is 2.80. The SMILES string of the molecule is COc1ccc(COC(=O)c2ccc(N)cc2Cl)cc1Br. The summed E-state index contributed by atoms with van der Waals surface area (Å²) in [4.78, 5) is 12.0. The van der Waals surface area contributed by atoms with Crippen molar-refractivity contribution < 1.29 is 14.3 Å². The maximum Gasteiger partial charge on any atom is 0.339 e. The predicted octanol–water partition coefficient (Wildman–Crippen LogP) is 4.05. The van der Waals surface area contributed by atoms with E-state index in [9.17, 15) is 4.79 Å². The molecule has 6 heteroatoms. The summed E-state index contributed by atoms with van der Waals surface area (Å²) in [5.41, 5.74) is 7.20. The summed E-state index contributed by atoms with van der Waals surface area (Å²) in [6.07, 6.45) is 0. The standard InChI is InChI=1S/C15H13BrClNO3/c1-20-14-5-2-9(6-12(14)16)8-21-15(19)11-4-3-10(18)7-13(11)17/h2-7H,8,18H2,1H3. The second kappa shape index (κ2) is 6.83. The number of anilines is 1. The number of methoxy groups -OCH3 is 1. The number of esters is 1. The van der Waals surface area contributed by atoms with E-state index in [1.165, 1.54) is 6.07 Å². The molecule has 0 spiro atoms. The van der Waals surface area contributed by atoms with Crippen LogP contribution < -0.4 is 10.5 Å². The molecular weight excluding hydrogens is 358 g/mol. The van der Waals surface area contributed by atoms with Gasteiger partial charge in [-0.05, 0) is 51.8 Å². The first kappa shape index (κ1) is 15.7. The van der Waals surface area contributed by atoms with Gasteiger partial charge in [0.05, 0.1) is 22.2 Å². The van der Waals surface area contributed by atoms with Crippen LogP contribution in [-0.4, -0.2) is 13.1 Å². The van der Waals surface area contributed by atoms with Crippen molar-refractivity contribution in [3.8, 4) is 5.75 Å². The largest absolute Gasteiger partial charge is 0.496 e. The van der Waals surface area contributed by atoms with Gasteiger partial charge in [0.15, 0.2) is 0 Å². The van der Waals surface area contributed by atoms with Crippen molar-refractivity contribution in [2.24, 2.45) is 0 Å². The molecule has 2 N–H and O–H groups in total. The monoisotopic (exact) mass is 369 g/mol. The minimum atomic E-state index is -0.494. The molecular formula is C15H13BrClNO3. The van der Waals surface area contributed by atoms with Gasteiger partial charge in [0.25, 0.3) is 0 Å². The number of benzene rings is 2. The zero-order valence-corrected chi connectivity index (χ0v) is 13.6. The second-order valence-corrected chi connectivity index (χ2v) is 5.55. The lowest BCUT2D eigenvalue weighted by Crippen LogP contribution is -2.06. The minimum Gasteiger partial charge on any atom is -0.496 e. The first-order valence-corrected chi connectivity index (χ1v) is 7.23. The number of carbonyl (C=O) groups is 1. The predicted molar refractivity (Wildman–Crippen MR) is 85.7 cm³/mol. The van der Waals surface area contributed by atoms with Gasteiger partial charge in [0, 0.05) is 5.69 Å². The molecule has 21 heavy (non-hydrogen) atoms. The van der Waals surface area contributed by atoms with Crippen molar-refractivity contribution >= 4 is 39.2 Å². The molecule has 0 bridgehead atoms. The molecule has 0 fully saturated rings. The molecule has 0 aliphatic carbocycles. The molecule has 2 rings (SSSR count). The van der Waals surface area contributed by atoms with Crippen LogP contribution in [0.5, 0.6) is 5.75 Å². The second-order valence-electron chi connectivity index (χ2n) is 4.28. The van der Waals surface area contributed by atoms with Gasteiger partial charge < -0.3 is 15.2 Å². The molecule has 0 amide bonds. The summed E-state index contributed by atoms with van der Waals surface area (Å²) in [5, 5.41) is 0.274. The van der Waals surface area contributed by atoms with E-state index in [-0.39, 0.29) is 11.6 Å². The molecule has 4 nitrogen and oxygen atoms in total. The first-order chi connectivity index (χ1) is 10.0. The molecule has 0 aliphatic heterocycles. The van der Waals surface area contributed by atoms with Crippen LogP contribution in [0.1, 0.15) is 15.9 Å². The highest BCUT2D eigenvalue weighted by molar-refractivity contribution is 9.10. The van der Waals surface area contributed by atoms with Crippen LogP contribution in [0.2, 0.25) is 5.02 Å². The summed E-state index contributed by atoms with van der Waals surface area (Å²) in [6, 6.07) is 10.1. The molecule has 2 aromatic rings. The summed E-state index contributed by atoms with van der Waals surface area (Å²) < 4.78 is 11.2. The van der Waals surface area contributed by atoms with Crippen molar-refractivity contribution in [1.29, 1.82) is 0 Å². The van der Waals surface area contributed by atoms with Gasteiger partial charge in [0.1, 0.15) is 12.4 Å². The molecule has 0 saturated carbocycles. The Morgan fingerprint density at radius 2 is 2.05 bits per heavy atom. The number of rotatable bonds is 4. The maximum atomic E-state index is 12.0. The van der Waals surface area contributed by atoms with Crippen LogP contribution >= 0.6 is 27.5 Å². The number of ether oxygens (including phenoxy) is 2. The Morgan fingerprint density at radius 1 is 1.29 bits per heavy atom. The lowest BCUT2D eigenvalue weighted by molar-refractivity contribution is 0.0473. The number of nitrogen functional groups attached to an aromatic ring is 1. The average molecular weight is 371 g/mol. The molecule has 110 valence electrons. The van der Waals surface area contributed by atoms with Crippen molar-refractivity contribution in [1.82, 2.24) is 0 Å². The summed E-state index contributed by atoms with van der Waals surface area (Å²) in [5.74, 6) is 0.221. The van der Waals surface area contributed by atoms with Gasteiger partial charge in [-0.25, -0.2) is 4.79 Å². The third kappa shape index (κ3) is 3.89. The van der Waals surface area contributed by atoms with Gasteiger partial charge in [0.2, 0.25) is 0 Å². The Labute approximate surface area is 135 Å². The number of halogens is 2. The minimum absolute atomic E-state index is 0.141. The van der Waals surface area contributed by atoms with Crippen LogP contribution in [-0.2, 0) is 11.3 Å². The normalized spacial score (nSPS) is 10.2.